The van der Waals surface area contributed by atoms with Gasteiger partial charge in [-0.15, -0.1) is 10.2 Å². The smallest absolute Gasteiger partial charge is 0.417 e. The second-order valence-corrected chi connectivity index (χ2v) is 6.53. The molecule has 0 radical (unpaired) electrons. The summed E-state index contributed by atoms with van der Waals surface area (Å²) in [5, 5.41) is 7.62. The monoisotopic (exact) mass is 368 g/mol. The van der Waals surface area contributed by atoms with Gasteiger partial charge in [-0.25, -0.2) is 4.98 Å². The summed E-state index contributed by atoms with van der Waals surface area (Å²) in [4.78, 5) is 8.26. The molecule has 1 unspecified atom stereocenters. The van der Waals surface area contributed by atoms with E-state index in [0.717, 1.165) is 12.1 Å². The van der Waals surface area contributed by atoms with E-state index in [1.165, 1.54) is 6.20 Å². The van der Waals surface area contributed by atoms with Crippen molar-refractivity contribution in [2.24, 2.45) is 0 Å². The third-order valence-corrected chi connectivity index (χ3v) is 4.56. The Hall–Kier alpha value is -2.46. The highest BCUT2D eigenvalue weighted by molar-refractivity contribution is 7.91. The summed E-state index contributed by atoms with van der Waals surface area (Å²) in [6, 6.07) is 5.30. The van der Waals surface area contributed by atoms with Crippen LogP contribution in [0.2, 0.25) is 0 Å². The molecule has 0 bridgehead atoms. The van der Waals surface area contributed by atoms with Gasteiger partial charge in [0.25, 0.3) is 11.8 Å². The summed E-state index contributed by atoms with van der Waals surface area (Å²) in [6.45, 7) is 1.76. The summed E-state index contributed by atoms with van der Waals surface area (Å²) < 4.78 is 55.2. The Morgan fingerprint density at radius 2 is 1.88 bits per heavy atom. The molecule has 0 aliphatic rings. The maximum Gasteiger partial charge on any atom is 0.417 e. The highest BCUT2D eigenvalue weighted by atomic mass is 32.2. The van der Waals surface area contributed by atoms with Crippen molar-refractivity contribution in [2.75, 3.05) is 5.75 Å². The average molecular weight is 368 g/mol. The lowest BCUT2D eigenvalue weighted by atomic mass is 10.2. The lowest BCUT2D eigenvalue weighted by Crippen LogP contribution is -2.06. The van der Waals surface area contributed by atoms with Crippen molar-refractivity contribution in [1.29, 1.82) is 0 Å². The van der Waals surface area contributed by atoms with Crippen molar-refractivity contribution in [3.63, 3.8) is 0 Å². The first-order valence-corrected chi connectivity index (χ1v) is 8.43. The topological polar surface area (TPSA) is 87.8 Å². The van der Waals surface area contributed by atoms with E-state index in [2.05, 4.69) is 20.2 Å². The highest BCUT2D eigenvalue weighted by Crippen LogP contribution is 2.30. The maximum atomic E-state index is 12.6. The van der Waals surface area contributed by atoms with Crippen molar-refractivity contribution >= 4 is 11.2 Å². The van der Waals surface area contributed by atoms with E-state index < -0.39 is 22.9 Å². The van der Waals surface area contributed by atoms with Gasteiger partial charge in [0, 0.05) is 12.4 Å². The van der Waals surface area contributed by atoms with E-state index in [1.807, 2.05) is 0 Å². The molecule has 0 spiro atoms. The number of hydrogen-bond acceptors (Lipinski definition) is 6. The fraction of sp³-hybridized carbons (Fsp3) is 0.200. The number of aromatic nitrogens is 4. The van der Waals surface area contributed by atoms with E-state index in [4.69, 9.17) is 4.42 Å². The molecular formula is C15H11F3N4O2S. The first-order chi connectivity index (χ1) is 11.9. The number of rotatable bonds is 4. The van der Waals surface area contributed by atoms with Crippen LogP contribution >= 0.6 is 0 Å². The summed E-state index contributed by atoms with van der Waals surface area (Å²) in [7, 11) is 0. The van der Waals surface area contributed by atoms with Crippen molar-refractivity contribution in [1.82, 2.24) is 20.2 Å². The fourth-order valence-electron chi connectivity index (χ4n) is 2.00. The van der Waals surface area contributed by atoms with Crippen LogP contribution in [0.15, 0.2) is 46.0 Å². The molecule has 130 valence electrons. The fourth-order valence-corrected chi connectivity index (χ4v) is 2.90. The maximum absolute atomic E-state index is 12.6. The predicted molar refractivity (Wildman–Crippen MR) is 82.7 cm³/mol. The first kappa shape index (κ1) is 17.4. The van der Waals surface area contributed by atoms with Crippen LogP contribution in [0.5, 0.6) is 0 Å². The Morgan fingerprint density at radius 3 is 2.52 bits per heavy atom. The summed E-state index contributed by atoms with van der Waals surface area (Å²) in [5.41, 5.74) is -0.504. The van der Waals surface area contributed by atoms with E-state index in [-0.39, 0.29) is 23.2 Å². The van der Waals surface area contributed by atoms with Gasteiger partial charge in [0.15, 0.2) is 10.6 Å². The molecule has 0 N–H and O–H groups in total. The lowest BCUT2D eigenvalue weighted by Gasteiger charge is -2.09. The molecule has 6 nitrogen and oxygen atoms in total. The Bertz CT molecular complexity index is 868. The normalized spacial score (nSPS) is 13.0. The summed E-state index contributed by atoms with van der Waals surface area (Å²) in [6.07, 6.45) is -2.29. The second kappa shape index (κ2) is 6.81. The molecule has 0 aliphatic carbocycles. The van der Waals surface area contributed by atoms with Crippen molar-refractivity contribution < 1.29 is 22.1 Å². The molecule has 0 aliphatic heterocycles. The van der Waals surface area contributed by atoms with Gasteiger partial charge in [-0.3, -0.25) is 4.98 Å². The van der Waals surface area contributed by atoms with Crippen LogP contribution in [-0.2, 0) is 17.4 Å². The third kappa shape index (κ3) is 3.64. The van der Waals surface area contributed by atoms with Crippen molar-refractivity contribution in [3.05, 3.63) is 42.2 Å². The second-order valence-electron chi connectivity index (χ2n) is 4.83. The van der Waals surface area contributed by atoms with E-state index in [1.54, 1.807) is 19.1 Å². The Labute approximate surface area is 143 Å². The number of hydrogen-bond donors (Lipinski definition) is 0. The summed E-state index contributed by atoms with van der Waals surface area (Å²) >= 11 is -1.28. The predicted octanol–water partition coefficient (Wildman–Crippen LogP) is 3.34. The molecule has 0 saturated carbocycles. The molecule has 0 aromatic carbocycles. The Kier molecular flexibility index (Phi) is 4.73. The zero-order valence-electron chi connectivity index (χ0n) is 12.8. The first-order valence-electron chi connectivity index (χ1n) is 7.11. The average Bonchev–Trinajstić information content (AvgIpc) is 3.10. The molecule has 0 amide bonds. The SMILES string of the molecule is CC[S+]([O-])c1cccnc1-c1nnc(-c2ccc(C(F)(F)F)cn2)o1. The lowest BCUT2D eigenvalue weighted by molar-refractivity contribution is -0.137. The van der Waals surface area contributed by atoms with Gasteiger partial charge in [0.1, 0.15) is 11.4 Å². The van der Waals surface area contributed by atoms with Gasteiger partial charge in [0.2, 0.25) is 0 Å². The minimum absolute atomic E-state index is 0.0223. The third-order valence-electron chi connectivity index (χ3n) is 3.22. The number of alkyl halides is 3. The quantitative estimate of drug-likeness (QED) is 0.657. The molecule has 25 heavy (non-hydrogen) atoms. The largest absolute Gasteiger partial charge is 0.611 e. The van der Waals surface area contributed by atoms with E-state index in [0.29, 0.717) is 16.8 Å². The molecular weight excluding hydrogens is 357 g/mol. The van der Waals surface area contributed by atoms with Gasteiger partial charge in [-0.05, 0) is 42.4 Å². The minimum Gasteiger partial charge on any atom is -0.611 e. The van der Waals surface area contributed by atoms with E-state index in [9.17, 15) is 17.7 Å². The van der Waals surface area contributed by atoms with Crippen LogP contribution in [-0.4, -0.2) is 30.5 Å². The van der Waals surface area contributed by atoms with Gasteiger partial charge < -0.3 is 8.97 Å². The van der Waals surface area contributed by atoms with Crippen molar-refractivity contribution in [3.8, 4) is 23.2 Å². The van der Waals surface area contributed by atoms with Gasteiger partial charge in [-0.2, -0.15) is 13.2 Å². The number of halogens is 3. The Balaban J connectivity index is 1.94. The molecule has 10 heteroatoms. The molecule has 3 aromatic heterocycles. The van der Waals surface area contributed by atoms with Gasteiger partial charge >= 0.3 is 6.18 Å². The van der Waals surface area contributed by atoms with Crippen LogP contribution < -0.4 is 0 Å². The highest BCUT2D eigenvalue weighted by Gasteiger charge is 2.31. The molecule has 3 rings (SSSR count). The zero-order chi connectivity index (χ0) is 18.0. The van der Waals surface area contributed by atoms with E-state index >= 15 is 0 Å². The molecule has 0 fully saturated rings. The zero-order valence-corrected chi connectivity index (χ0v) is 13.6. The molecule has 3 aromatic rings. The van der Waals surface area contributed by atoms with Gasteiger partial charge in [0.05, 0.1) is 5.56 Å². The van der Waals surface area contributed by atoms with Gasteiger partial charge in [-0.1, -0.05) is 0 Å². The molecule has 3 heterocycles. The van der Waals surface area contributed by atoms with Crippen LogP contribution in [0.4, 0.5) is 13.2 Å². The molecule has 0 saturated heterocycles. The van der Waals surface area contributed by atoms with Crippen LogP contribution in [0, 0.1) is 0 Å². The van der Waals surface area contributed by atoms with Crippen molar-refractivity contribution in [2.45, 2.75) is 18.0 Å². The number of nitrogens with zero attached hydrogens (tertiary/aromatic N) is 4. The molecule has 1 atom stereocenters. The minimum atomic E-state index is -4.47. The van der Waals surface area contributed by atoms with Crippen LogP contribution in [0.25, 0.3) is 23.2 Å². The van der Waals surface area contributed by atoms with Crippen LogP contribution in [0.1, 0.15) is 12.5 Å². The van der Waals surface area contributed by atoms with Crippen LogP contribution in [0.3, 0.4) is 0 Å². The Morgan fingerprint density at radius 1 is 1.12 bits per heavy atom. The number of pyridine rings is 2. The standard InChI is InChI=1S/C15H11F3N4O2S/c1-2-25(23)11-4-3-7-19-12(11)14-22-21-13(24-14)10-6-5-9(8-20-10)15(16,17)18/h3-8H,2H2,1H3. The summed E-state index contributed by atoms with van der Waals surface area (Å²) in [5.74, 6) is 0.358.